The number of nitrogens with zero attached hydrogens (tertiary/aromatic N) is 5. The van der Waals surface area contributed by atoms with Crippen molar-refractivity contribution < 1.29 is 4.79 Å². The van der Waals surface area contributed by atoms with E-state index in [1.54, 1.807) is 24.3 Å². The van der Waals surface area contributed by atoms with Gasteiger partial charge < -0.3 is 16.4 Å². The topological polar surface area (TPSA) is 133 Å². The van der Waals surface area contributed by atoms with Crippen LogP contribution in [-0.2, 0) is 17.1 Å². The van der Waals surface area contributed by atoms with Crippen molar-refractivity contribution in [3.05, 3.63) is 59.4 Å². The first kappa shape index (κ1) is 23.6. The summed E-state index contributed by atoms with van der Waals surface area (Å²) in [6.07, 6.45) is 0. The number of pyridine rings is 1. The lowest BCUT2D eigenvalue weighted by molar-refractivity contribution is -0.114. The van der Waals surface area contributed by atoms with Gasteiger partial charge in [-0.2, -0.15) is 5.26 Å². The Morgan fingerprint density at radius 2 is 1.88 bits per heavy atom. The molecular formula is C24H26N8OS. The van der Waals surface area contributed by atoms with Crippen molar-refractivity contribution in [2.24, 2.45) is 0 Å². The second-order valence-electron chi connectivity index (χ2n) is 7.92. The maximum atomic E-state index is 11.3. The van der Waals surface area contributed by atoms with Gasteiger partial charge in [0.15, 0.2) is 5.16 Å². The summed E-state index contributed by atoms with van der Waals surface area (Å²) in [5, 5.41) is 16.2. The predicted molar refractivity (Wildman–Crippen MR) is 133 cm³/mol. The number of thioether (sulfide) groups is 1. The highest BCUT2D eigenvalue weighted by atomic mass is 32.2. The summed E-state index contributed by atoms with van der Waals surface area (Å²) in [5.41, 5.74) is 10.1. The highest BCUT2D eigenvalue weighted by Crippen LogP contribution is 2.29. The van der Waals surface area contributed by atoms with Crippen LogP contribution in [0.3, 0.4) is 0 Å². The molecule has 0 saturated carbocycles. The van der Waals surface area contributed by atoms with Crippen molar-refractivity contribution in [3.63, 3.8) is 0 Å². The van der Waals surface area contributed by atoms with Crippen LogP contribution in [-0.4, -0.2) is 51.9 Å². The van der Waals surface area contributed by atoms with Crippen LogP contribution >= 0.6 is 11.8 Å². The van der Waals surface area contributed by atoms with E-state index in [-0.39, 0.29) is 17.3 Å². The van der Waals surface area contributed by atoms with Crippen LogP contribution in [0.15, 0.2) is 47.6 Å². The van der Waals surface area contributed by atoms with E-state index in [2.05, 4.69) is 37.6 Å². The summed E-state index contributed by atoms with van der Waals surface area (Å²) >= 11 is 1.43. The minimum Gasteiger partial charge on any atom is -0.382 e. The van der Waals surface area contributed by atoms with E-state index < -0.39 is 0 Å². The molecule has 1 aromatic carbocycles. The Labute approximate surface area is 202 Å². The Hall–Kier alpha value is -3.52. The van der Waals surface area contributed by atoms with Crippen molar-refractivity contribution in [2.75, 3.05) is 37.2 Å². The molecule has 2 aromatic heterocycles. The van der Waals surface area contributed by atoms with Gasteiger partial charge in [0.1, 0.15) is 17.5 Å². The fourth-order valence-corrected chi connectivity index (χ4v) is 4.45. The predicted octanol–water partition coefficient (Wildman–Crippen LogP) is 2.65. The number of rotatable bonds is 7. The van der Waals surface area contributed by atoms with E-state index in [1.165, 1.54) is 18.7 Å². The molecule has 0 bridgehead atoms. The molecule has 0 atom stereocenters. The maximum absolute atomic E-state index is 11.3. The number of piperazine rings is 1. The first-order valence-corrected chi connectivity index (χ1v) is 12.0. The van der Waals surface area contributed by atoms with Crippen LogP contribution in [0.5, 0.6) is 0 Å². The number of anilines is 2. The Morgan fingerprint density at radius 3 is 2.59 bits per heavy atom. The average Bonchev–Trinajstić information content (AvgIpc) is 2.83. The van der Waals surface area contributed by atoms with Crippen molar-refractivity contribution in [3.8, 4) is 17.3 Å². The number of nitrogens with one attached hydrogen (secondary N) is 2. The quantitative estimate of drug-likeness (QED) is 0.349. The van der Waals surface area contributed by atoms with E-state index in [9.17, 15) is 10.1 Å². The molecular weight excluding hydrogens is 448 g/mol. The van der Waals surface area contributed by atoms with Crippen LogP contribution in [0.25, 0.3) is 11.3 Å². The van der Waals surface area contributed by atoms with Gasteiger partial charge >= 0.3 is 0 Å². The standard InChI is InChI=1S/C24H26N8OS/c1-16(33)28-18-7-5-17(6-8-18)22-21(13-25)23(26)31-24(30-22)34-15-20-4-2-3-19(29-20)14-32-11-9-27-10-12-32/h2-8,27H,9-12,14-15H2,1H3,(H,28,33)(H2,26,30,31). The summed E-state index contributed by atoms with van der Waals surface area (Å²) in [6, 6.07) is 15.3. The molecule has 4 N–H and O–H groups in total. The molecule has 10 heteroatoms. The molecule has 174 valence electrons. The molecule has 1 amide bonds. The maximum Gasteiger partial charge on any atom is 0.221 e. The van der Waals surface area contributed by atoms with Gasteiger partial charge in [-0.05, 0) is 24.3 Å². The van der Waals surface area contributed by atoms with Gasteiger partial charge in [-0.15, -0.1) is 0 Å². The molecule has 0 aliphatic carbocycles. The largest absolute Gasteiger partial charge is 0.382 e. The molecule has 1 fully saturated rings. The average molecular weight is 475 g/mol. The fourth-order valence-electron chi connectivity index (χ4n) is 3.69. The zero-order valence-corrected chi connectivity index (χ0v) is 19.7. The number of hydrogen-bond donors (Lipinski definition) is 3. The number of amides is 1. The Morgan fingerprint density at radius 1 is 1.15 bits per heavy atom. The first-order chi connectivity index (χ1) is 16.5. The van der Waals surface area contributed by atoms with E-state index in [0.717, 1.165) is 49.7 Å². The van der Waals surface area contributed by atoms with Gasteiger partial charge in [-0.3, -0.25) is 14.7 Å². The number of nitrogen functional groups attached to an aromatic ring is 1. The molecule has 0 unspecified atom stereocenters. The smallest absolute Gasteiger partial charge is 0.221 e. The van der Waals surface area contributed by atoms with Gasteiger partial charge in [0, 0.05) is 56.7 Å². The number of nitriles is 1. The van der Waals surface area contributed by atoms with E-state index in [4.69, 9.17) is 10.7 Å². The summed E-state index contributed by atoms with van der Waals surface area (Å²) in [7, 11) is 0. The van der Waals surface area contributed by atoms with Crippen LogP contribution < -0.4 is 16.4 Å². The molecule has 9 nitrogen and oxygen atoms in total. The summed E-state index contributed by atoms with van der Waals surface area (Å²) in [4.78, 5) is 27.4. The normalized spacial score (nSPS) is 13.9. The SMILES string of the molecule is CC(=O)Nc1ccc(-c2nc(SCc3cccc(CN4CCNCC4)n3)nc(N)c2C#N)cc1. The van der Waals surface area contributed by atoms with E-state index >= 15 is 0 Å². The van der Waals surface area contributed by atoms with Gasteiger partial charge in [-0.1, -0.05) is 30.0 Å². The molecule has 1 aliphatic rings. The summed E-state index contributed by atoms with van der Waals surface area (Å²) < 4.78 is 0. The first-order valence-electron chi connectivity index (χ1n) is 11.0. The van der Waals surface area contributed by atoms with Crippen LogP contribution in [0.4, 0.5) is 11.5 Å². The third kappa shape index (κ3) is 6.08. The second kappa shape index (κ2) is 11.1. The summed E-state index contributed by atoms with van der Waals surface area (Å²) in [5.74, 6) is 0.573. The number of nitrogens with two attached hydrogens (primary N) is 1. The fraction of sp³-hybridized carbons (Fsp3) is 0.292. The van der Waals surface area contributed by atoms with Crippen molar-refractivity contribution in [1.82, 2.24) is 25.2 Å². The minimum atomic E-state index is -0.152. The molecule has 1 aliphatic heterocycles. The van der Waals surface area contributed by atoms with E-state index in [1.807, 2.05) is 12.1 Å². The third-order valence-corrected chi connectivity index (χ3v) is 6.20. The van der Waals surface area contributed by atoms with Crippen molar-refractivity contribution in [2.45, 2.75) is 24.4 Å². The molecule has 3 heterocycles. The highest BCUT2D eigenvalue weighted by molar-refractivity contribution is 7.98. The number of hydrogen-bond acceptors (Lipinski definition) is 9. The molecule has 4 rings (SSSR count). The number of carbonyl (C=O) groups excluding carboxylic acids is 1. The molecule has 34 heavy (non-hydrogen) atoms. The molecule has 0 spiro atoms. The molecule has 1 saturated heterocycles. The number of aromatic nitrogens is 3. The van der Waals surface area contributed by atoms with Gasteiger partial charge in [0.25, 0.3) is 0 Å². The van der Waals surface area contributed by atoms with Crippen LogP contribution in [0.1, 0.15) is 23.9 Å². The number of benzene rings is 1. The Bertz CT molecular complexity index is 1200. The monoisotopic (exact) mass is 474 g/mol. The molecule has 0 radical (unpaired) electrons. The van der Waals surface area contributed by atoms with Crippen molar-refractivity contribution >= 4 is 29.2 Å². The zero-order chi connectivity index (χ0) is 23.9. The third-order valence-electron chi connectivity index (χ3n) is 5.32. The highest BCUT2D eigenvalue weighted by Gasteiger charge is 2.16. The van der Waals surface area contributed by atoms with Crippen molar-refractivity contribution in [1.29, 1.82) is 5.26 Å². The minimum absolute atomic E-state index is 0.140. The van der Waals surface area contributed by atoms with Crippen LogP contribution in [0, 0.1) is 11.3 Å². The Kier molecular flexibility index (Phi) is 7.69. The van der Waals surface area contributed by atoms with Crippen LogP contribution in [0.2, 0.25) is 0 Å². The van der Waals surface area contributed by atoms with Gasteiger partial charge in [0.05, 0.1) is 17.1 Å². The zero-order valence-electron chi connectivity index (χ0n) is 18.9. The summed E-state index contributed by atoms with van der Waals surface area (Å²) in [6.45, 7) is 6.34. The van der Waals surface area contributed by atoms with Gasteiger partial charge in [0.2, 0.25) is 5.91 Å². The lowest BCUT2D eigenvalue weighted by Crippen LogP contribution is -2.43. The number of carbonyl (C=O) groups is 1. The van der Waals surface area contributed by atoms with E-state index in [0.29, 0.717) is 22.3 Å². The second-order valence-corrected chi connectivity index (χ2v) is 8.86. The van der Waals surface area contributed by atoms with Gasteiger partial charge in [-0.25, -0.2) is 9.97 Å². The Balaban J connectivity index is 1.50. The lowest BCUT2D eigenvalue weighted by atomic mass is 10.1. The molecule has 3 aromatic rings. The lowest BCUT2D eigenvalue weighted by Gasteiger charge is -2.26.